The van der Waals surface area contributed by atoms with Crippen LogP contribution in [0.25, 0.3) is 22.3 Å². The zero-order valence-electron chi connectivity index (χ0n) is 11.8. The number of hydrogen-bond acceptors (Lipinski definition) is 4. The summed E-state index contributed by atoms with van der Waals surface area (Å²) in [5.41, 5.74) is 9.83. The van der Waals surface area contributed by atoms with Crippen LogP contribution in [-0.2, 0) is 7.05 Å². The van der Waals surface area contributed by atoms with Gasteiger partial charge in [0, 0.05) is 18.8 Å². The minimum atomic E-state index is -0.171. The third-order valence-electron chi connectivity index (χ3n) is 3.48. The summed E-state index contributed by atoms with van der Waals surface area (Å²) in [7, 11) is 2.02. The highest BCUT2D eigenvalue weighted by atomic mass is 15.0. The first-order valence-corrected chi connectivity index (χ1v) is 6.58. The van der Waals surface area contributed by atoms with E-state index in [0.29, 0.717) is 5.82 Å². The van der Waals surface area contributed by atoms with Gasteiger partial charge in [-0.05, 0) is 32.0 Å². The van der Waals surface area contributed by atoms with Gasteiger partial charge in [-0.25, -0.2) is 15.0 Å². The van der Waals surface area contributed by atoms with E-state index in [-0.39, 0.29) is 6.04 Å². The van der Waals surface area contributed by atoms with E-state index >= 15 is 0 Å². The maximum atomic E-state index is 5.83. The third kappa shape index (κ3) is 2.06. The van der Waals surface area contributed by atoms with Crippen LogP contribution in [0.1, 0.15) is 24.6 Å². The Labute approximate surface area is 117 Å². The number of aromatic nitrogens is 4. The third-order valence-corrected chi connectivity index (χ3v) is 3.48. The Balaban J connectivity index is 2.12. The molecule has 0 fully saturated rings. The van der Waals surface area contributed by atoms with E-state index in [2.05, 4.69) is 37.7 Å². The van der Waals surface area contributed by atoms with Crippen LogP contribution in [0.4, 0.5) is 0 Å². The van der Waals surface area contributed by atoms with Gasteiger partial charge in [0.2, 0.25) is 0 Å². The van der Waals surface area contributed by atoms with Gasteiger partial charge in [-0.15, -0.1) is 0 Å². The van der Waals surface area contributed by atoms with E-state index in [1.54, 1.807) is 6.20 Å². The lowest BCUT2D eigenvalue weighted by atomic mass is 10.1. The van der Waals surface area contributed by atoms with Crippen LogP contribution in [0, 0.1) is 6.92 Å². The Hall–Kier alpha value is -2.27. The summed E-state index contributed by atoms with van der Waals surface area (Å²) in [6.07, 6.45) is 1.74. The van der Waals surface area contributed by atoms with Crippen molar-refractivity contribution in [1.82, 2.24) is 19.5 Å². The minimum absolute atomic E-state index is 0.171. The Kier molecular flexibility index (Phi) is 2.99. The van der Waals surface area contributed by atoms with Crippen molar-refractivity contribution in [3.05, 3.63) is 42.1 Å². The fourth-order valence-electron chi connectivity index (χ4n) is 2.23. The highest BCUT2D eigenvalue weighted by molar-refractivity contribution is 5.81. The summed E-state index contributed by atoms with van der Waals surface area (Å²) in [6, 6.07) is 7.89. The number of nitrogens with two attached hydrogens (primary N) is 1. The lowest BCUT2D eigenvalue weighted by Gasteiger charge is -2.06. The molecule has 0 saturated heterocycles. The van der Waals surface area contributed by atoms with E-state index < -0.39 is 0 Å². The zero-order chi connectivity index (χ0) is 14.3. The second-order valence-electron chi connectivity index (χ2n) is 5.01. The molecule has 0 radical (unpaired) electrons. The van der Waals surface area contributed by atoms with Crippen LogP contribution in [0.5, 0.6) is 0 Å². The molecule has 102 valence electrons. The summed E-state index contributed by atoms with van der Waals surface area (Å²) in [5.74, 6) is 1.65. The van der Waals surface area contributed by atoms with Crippen molar-refractivity contribution in [3.63, 3.8) is 0 Å². The monoisotopic (exact) mass is 267 g/mol. The van der Waals surface area contributed by atoms with Gasteiger partial charge >= 0.3 is 0 Å². The van der Waals surface area contributed by atoms with Gasteiger partial charge in [0.1, 0.15) is 11.6 Å². The molecule has 0 aliphatic heterocycles. The lowest BCUT2D eigenvalue weighted by molar-refractivity contribution is 0.741. The van der Waals surface area contributed by atoms with E-state index in [1.165, 1.54) is 0 Å². The van der Waals surface area contributed by atoms with Crippen molar-refractivity contribution in [1.29, 1.82) is 0 Å². The van der Waals surface area contributed by atoms with Crippen LogP contribution < -0.4 is 5.73 Å². The van der Waals surface area contributed by atoms with Gasteiger partial charge in [0.05, 0.1) is 22.8 Å². The van der Waals surface area contributed by atoms with Gasteiger partial charge in [0.25, 0.3) is 0 Å². The number of nitrogens with zero attached hydrogens (tertiary/aromatic N) is 4. The van der Waals surface area contributed by atoms with E-state index in [0.717, 1.165) is 28.1 Å². The average Bonchev–Trinajstić information content (AvgIpc) is 2.74. The highest BCUT2D eigenvalue weighted by Gasteiger charge is 2.09. The molecule has 2 aromatic heterocycles. The van der Waals surface area contributed by atoms with E-state index in [1.807, 2.05) is 27.0 Å². The SMILES string of the molecule is Cc1nc2cc(-c3ccnc(C(C)N)n3)ccc2n1C. The molecule has 0 saturated carbocycles. The molecule has 5 nitrogen and oxygen atoms in total. The molecule has 2 N–H and O–H groups in total. The molecule has 0 bridgehead atoms. The van der Waals surface area contributed by atoms with Crippen LogP contribution in [0.2, 0.25) is 0 Å². The number of rotatable bonds is 2. The minimum Gasteiger partial charge on any atom is -0.331 e. The van der Waals surface area contributed by atoms with Gasteiger partial charge in [0.15, 0.2) is 0 Å². The smallest absolute Gasteiger partial charge is 0.145 e. The van der Waals surface area contributed by atoms with Crippen LogP contribution in [0.15, 0.2) is 30.5 Å². The molecule has 1 unspecified atom stereocenters. The van der Waals surface area contributed by atoms with Crippen molar-refractivity contribution in [3.8, 4) is 11.3 Å². The molecule has 3 rings (SSSR count). The van der Waals surface area contributed by atoms with Crippen molar-refractivity contribution >= 4 is 11.0 Å². The molecule has 0 spiro atoms. The molecule has 5 heteroatoms. The predicted molar refractivity (Wildman–Crippen MR) is 79.1 cm³/mol. The van der Waals surface area contributed by atoms with Gasteiger partial charge in [-0.3, -0.25) is 0 Å². The fourth-order valence-corrected chi connectivity index (χ4v) is 2.23. The maximum Gasteiger partial charge on any atom is 0.145 e. The average molecular weight is 267 g/mol. The molecule has 1 atom stereocenters. The van der Waals surface area contributed by atoms with E-state index in [9.17, 15) is 0 Å². The molecular weight excluding hydrogens is 250 g/mol. The number of benzene rings is 1. The molecule has 3 aromatic rings. The largest absolute Gasteiger partial charge is 0.331 e. The Morgan fingerprint density at radius 1 is 1.20 bits per heavy atom. The van der Waals surface area contributed by atoms with Crippen molar-refractivity contribution in [2.24, 2.45) is 12.8 Å². The second kappa shape index (κ2) is 4.68. The topological polar surface area (TPSA) is 69.6 Å². The summed E-state index contributed by atoms with van der Waals surface area (Å²) >= 11 is 0. The van der Waals surface area contributed by atoms with Crippen molar-refractivity contribution < 1.29 is 0 Å². The number of hydrogen-bond donors (Lipinski definition) is 1. The Morgan fingerprint density at radius 2 is 2.00 bits per heavy atom. The predicted octanol–water partition coefficient (Wildman–Crippen LogP) is 2.36. The Bertz CT molecular complexity index is 773. The van der Waals surface area contributed by atoms with Gasteiger partial charge in [-0.1, -0.05) is 6.07 Å². The van der Waals surface area contributed by atoms with Crippen molar-refractivity contribution in [2.45, 2.75) is 19.9 Å². The van der Waals surface area contributed by atoms with E-state index in [4.69, 9.17) is 5.73 Å². The fraction of sp³-hybridized carbons (Fsp3) is 0.267. The molecule has 0 aliphatic rings. The van der Waals surface area contributed by atoms with Crippen LogP contribution in [0.3, 0.4) is 0 Å². The maximum absolute atomic E-state index is 5.83. The van der Waals surface area contributed by atoms with Crippen LogP contribution in [-0.4, -0.2) is 19.5 Å². The quantitative estimate of drug-likeness (QED) is 0.773. The number of imidazole rings is 1. The highest BCUT2D eigenvalue weighted by Crippen LogP contribution is 2.23. The zero-order valence-corrected chi connectivity index (χ0v) is 11.8. The molecular formula is C15H17N5. The lowest BCUT2D eigenvalue weighted by Crippen LogP contribution is -2.09. The number of fused-ring (bicyclic) bond motifs is 1. The molecule has 1 aromatic carbocycles. The standard InChI is InChI=1S/C15H17N5/c1-9(16)15-17-7-6-12(19-15)11-4-5-14-13(8-11)18-10(2)20(14)3/h4-9H,16H2,1-3H3. The first-order chi connectivity index (χ1) is 9.56. The van der Waals surface area contributed by atoms with Crippen molar-refractivity contribution in [2.75, 3.05) is 0 Å². The summed E-state index contributed by atoms with van der Waals surface area (Å²) in [6.45, 7) is 3.88. The summed E-state index contributed by atoms with van der Waals surface area (Å²) in [5, 5.41) is 0. The number of aryl methyl sites for hydroxylation is 2. The first-order valence-electron chi connectivity index (χ1n) is 6.58. The summed E-state index contributed by atoms with van der Waals surface area (Å²) < 4.78 is 2.08. The van der Waals surface area contributed by atoms with Gasteiger partial charge in [-0.2, -0.15) is 0 Å². The van der Waals surface area contributed by atoms with Crippen LogP contribution >= 0.6 is 0 Å². The normalized spacial score (nSPS) is 12.8. The summed E-state index contributed by atoms with van der Waals surface area (Å²) in [4.78, 5) is 13.2. The second-order valence-corrected chi connectivity index (χ2v) is 5.01. The molecule has 0 amide bonds. The molecule has 20 heavy (non-hydrogen) atoms. The first kappa shape index (κ1) is 12.7. The Morgan fingerprint density at radius 3 is 2.75 bits per heavy atom. The molecule has 2 heterocycles. The van der Waals surface area contributed by atoms with Gasteiger partial charge < -0.3 is 10.3 Å². The molecule has 0 aliphatic carbocycles.